The zero-order valence-corrected chi connectivity index (χ0v) is 22.8. The minimum atomic E-state index is -4.51. The molecule has 0 aliphatic rings. The smallest absolute Gasteiger partial charge is 0.417 e. The van der Waals surface area contributed by atoms with Crippen LogP contribution in [0.3, 0.4) is 0 Å². The van der Waals surface area contributed by atoms with E-state index < -0.39 is 21.8 Å². The van der Waals surface area contributed by atoms with E-state index in [1.54, 1.807) is 43.6 Å². The van der Waals surface area contributed by atoms with Gasteiger partial charge >= 0.3 is 6.18 Å². The number of halogens is 3. The van der Waals surface area contributed by atoms with Crippen molar-refractivity contribution in [3.05, 3.63) is 102 Å². The maximum absolute atomic E-state index is 13.5. The third-order valence-corrected chi connectivity index (χ3v) is 7.95. The van der Waals surface area contributed by atoms with Crippen molar-refractivity contribution in [3.8, 4) is 17.0 Å². The number of alkyl halides is 3. The van der Waals surface area contributed by atoms with Gasteiger partial charge in [-0.15, -0.1) is 0 Å². The number of methoxy groups -OCH3 is 1. The summed E-state index contributed by atoms with van der Waals surface area (Å²) in [5, 5.41) is 2.99. The van der Waals surface area contributed by atoms with E-state index in [-0.39, 0.29) is 17.3 Å². The molecule has 208 valence electrons. The fourth-order valence-electron chi connectivity index (χ4n) is 3.84. The molecule has 0 aliphatic carbocycles. The number of anilines is 2. The number of allylic oxidation sites excluding steroid dienone is 1. The second-order valence-electron chi connectivity index (χ2n) is 9.08. The van der Waals surface area contributed by atoms with E-state index in [0.29, 0.717) is 22.7 Å². The number of rotatable bonds is 9. The summed E-state index contributed by atoms with van der Waals surface area (Å²) in [5.74, 6) is 0.815. The number of nitrogens with one attached hydrogen (secondary N) is 1. The lowest BCUT2D eigenvalue weighted by molar-refractivity contribution is -0.137. The highest BCUT2D eigenvalue weighted by Gasteiger charge is 2.30. The summed E-state index contributed by atoms with van der Waals surface area (Å²) < 4.78 is 72.3. The number of hydrogen-bond acceptors (Lipinski definition) is 6. The van der Waals surface area contributed by atoms with Crippen LogP contribution in [0, 0.1) is 0 Å². The third kappa shape index (κ3) is 6.49. The summed E-state index contributed by atoms with van der Waals surface area (Å²) in [4.78, 5) is 8.38. The molecule has 7 nitrogen and oxygen atoms in total. The Balaban J connectivity index is 1.70. The molecule has 4 rings (SSSR count). The summed E-state index contributed by atoms with van der Waals surface area (Å²) in [5.41, 5.74) is 2.81. The molecule has 0 aliphatic heterocycles. The van der Waals surface area contributed by atoms with Gasteiger partial charge in [-0.05, 0) is 72.2 Å². The number of pyridine rings is 2. The van der Waals surface area contributed by atoms with Crippen molar-refractivity contribution >= 4 is 27.1 Å². The van der Waals surface area contributed by atoms with Crippen LogP contribution in [-0.2, 0) is 22.7 Å². The van der Waals surface area contributed by atoms with E-state index in [4.69, 9.17) is 4.74 Å². The summed E-state index contributed by atoms with van der Waals surface area (Å²) >= 11 is 0. The number of hydrogen-bond donors (Lipinski definition) is 1. The Morgan fingerprint density at radius 1 is 1.00 bits per heavy atom. The van der Waals surface area contributed by atoms with Crippen LogP contribution in [0.1, 0.15) is 23.6 Å². The van der Waals surface area contributed by atoms with Crippen molar-refractivity contribution in [1.29, 1.82) is 0 Å². The molecule has 11 heteroatoms. The van der Waals surface area contributed by atoms with E-state index >= 15 is 0 Å². The molecule has 2 aromatic heterocycles. The fraction of sp³-hybridized carbons (Fsp3) is 0.172. The van der Waals surface area contributed by atoms with E-state index in [0.717, 1.165) is 29.0 Å². The van der Waals surface area contributed by atoms with Crippen LogP contribution in [0.5, 0.6) is 5.75 Å². The maximum atomic E-state index is 13.5. The average Bonchev–Trinajstić information content (AvgIpc) is 2.93. The van der Waals surface area contributed by atoms with Crippen LogP contribution < -0.4 is 10.1 Å². The van der Waals surface area contributed by atoms with E-state index in [9.17, 15) is 21.6 Å². The van der Waals surface area contributed by atoms with Crippen molar-refractivity contribution in [2.24, 2.45) is 0 Å². The van der Waals surface area contributed by atoms with Gasteiger partial charge in [0.1, 0.15) is 11.6 Å². The Labute approximate surface area is 231 Å². The molecule has 2 heterocycles. The molecular weight excluding hydrogens is 541 g/mol. The van der Waals surface area contributed by atoms with Gasteiger partial charge in [0, 0.05) is 37.2 Å². The van der Waals surface area contributed by atoms with Crippen molar-refractivity contribution < 1.29 is 26.3 Å². The van der Waals surface area contributed by atoms with Gasteiger partial charge in [0.15, 0.2) is 0 Å². The van der Waals surface area contributed by atoms with Crippen LogP contribution in [0.25, 0.3) is 16.8 Å². The normalized spacial score (nSPS) is 11.9. The molecule has 0 saturated carbocycles. The van der Waals surface area contributed by atoms with Crippen LogP contribution in [-0.4, -0.2) is 36.8 Å². The molecule has 4 aromatic rings. The Kier molecular flexibility index (Phi) is 8.26. The van der Waals surface area contributed by atoms with Gasteiger partial charge in [0.2, 0.25) is 10.0 Å². The van der Waals surface area contributed by atoms with Crippen LogP contribution in [0.2, 0.25) is 0 Å². The predicted molar refractivity (Wildman–Crippen MR) is 149 cm³/mol. The first-order chi connectivity index (χ1) is 18.9. The molecular formula is C29H27F3N4O3S. The van der Waals surface area contributed by atoms with Gasteiger partial charge in [0.05, 0.1) is 23.3 Å². The van der Waals surface area contributed by atoms with Crippen molar-refractivity contribution in [3.63, 3.8) is 0 Å². The lowest BCUT2D eigenvalue weighted by atomic mass is 10.1. The van der Waals surface area contributed by atoms with Gasteiger partial charge < -0.3 is 10.1 Å². The average molecular weight is 569 g/mol. The van der Waals surface area contributed by atoms with E-state index in [2.05, 4.69) is 21.9 Å². The largest absolute Gasteiger partial charge is 0.497 e. The summed E-state index contributed by atoms with van der Waals surface area (Å²) in [6.07, 6.45) is -2.16. The number of benzene rings is 2. The number of ether oxygens (including phenoxy) is 1. The van der Waals surface area contributed by atoms with Gasteiger partial charge in [-0.25, -0.2) is 13.4 Å². The predicted octanol–water partition coefficient (Wildman–Crippen LogP) is 6.77. The van der Waals surface area contributed by atoms with Crippen molar-refractivity contribution in [1.82, 2.24) is 14.3 Å². The SMILES string of the molecule is C=C(C)c1ccc(-c2cc(S(=O)(=O)N(C)Cc3ccc(OC)cc3)ccc2Nc2ccc(C(F)(F)F)cn2)nc1. The van der Waals surface area contributed by atoms with Gasteiger partial charge in [-0.1, -0.05) is 24.8 Å². The van der Waals surface area contributed by atoms with Gasteiger partial charge in [-0.2, -0.15) is 17.5 Å². The Hall–Kier alpha value is -4.22. The summed E-state index contributed by atoms with van der Waals surface area (Å²) in [6, 6.07) is 17.2. The molecule has 40 heavy (non-hydrogen) atoms. The molecule has 0 unspecified atom stereocenters. The standard InChI is InChI=1S/C29H27F3N4O3S/c1-19(2)21-7-12-26(33-16-21)25-15-24(40(37,38)36(3)18-20-5-9-23(39-4)10-6-20)11-13-27(25)35-28-14-8-22(17-34-28)29(30,31)32/h5-17H,1,18H2,2-4H3,(H,34,35). The molecule has 0 saturated heterocycles. The Bertz CT molecular complexity index is 1600. The fourth-order valence-corrected chi connectivity index (χ4v) is 5.02. The second-order valence-corrected chi connectivity index (χ2v) is 11.1. The molecule has 0 fully saturated rings. The number of sulfonamides is 1. The zero-order valence-electron chi connectivity index (χ0n) is 22.0. The molecule has 0 spiro atoms. The maximum Gasteiger partial charge on any atom is 0.417 e. The molecule has 0 atom stereocenters. The van der Waals surface area contributed by atoms with Crippen LogP contribution >= 0.6 is 0 Å². The Morgan fingerprint density at radius 3 is 2.27 bits per heavy atom. The minimum Gasteiger partial charge on any atom is -0.497 e. The second kappa shape index (κ2) is 11.5. The summed E-state index contributed by atoms with van der Waals surface area (Å²) in [6.45, 7) is 5.87. The van der Waals surface area contributed by atoms with Crippen LogP contribution in [0.4, 0.5) is 24.7 Å². The molecule has 0 radical (unpaired) electrons. The molecule has 0 amide bonds. The highest BCUT2D eigenvalue weighted by molar-refractivity contribution is 7.89. The quantitative estimate of drug-likeness (QED) is 0.240. The first-order valence-corrected chi connectivity index (χ1v) is 13.5. The highest BCUT2D eigenvalue weighted by Crippen LogP contribution is 2.34. The first-order valence-electron chi connectivity index (χ1n) is 12.0. The topological polar surface area (TPSA) is 84.4 Å². The minimum absolute atomic E-state index is 0.0233. The third-order valence-electron chi connectivity index (χ3n) is 6.15. The van der Waals surface area contributed by atoms with E-state index in [1.807, 2.05) is 13.0 Å². The molecule has 1 N–H and O–H groups in total. The van der Waals surface area contributed by atoms with E-state index in [1.165, 1.54) is 35.6 Å². The lowest BCUT2D eigenvalue weighted by Gasteiger charge is -2.19. The number of nitrogens with zero attached hydrogens (tertiary/aromatic N) is 3. The monoisotopic (exact) mass is 568 g/mol. The number of aromatic nitrogens is 2. The highest BCUT2D eigenvalue weighted by atomic mass is 32.2. The molecule has 0 bridgehead atoms. The van der Waals surface area contributed by atoms with Gasteiger partial charge in [0.25, 0.3) is 0 Å². The molecule has 2 aromatic carbocycles. The van der Waals surface area contributed by atoms with Gasteiger partial charge in [-0.3, -0.25) is 4.98 Å². The van der Waals surface area contributed by atoms with Crippen molar-refractivity contribution in [2.45, 2.75) is 24.5 Å². The lowest BCUT2D eigenvalue weighted by Crippen LogP contribution is -2.26. The van der Waals surface area contributed by atoms with Crippen LogP contribution in [0.15, 0.2) is 90.6 Å². The van der Waals surface area contributed by atoms with Crippen molar-refractivity contribution in [2.75, 3.05) is 19.5 Å². The Morgan fingerprint density at radius 2 is 1.73 bits per heavy atom. The summed E-state index contributed by atoms with van der Waals surface area (Å²) in [7, 11) is -0.889. The first kappa shape index (κ1) is 28.8. The zero-order chi connectivity index (χ0) is 29.1.